The van der Waals surface area contributed by atoms with Gasteiger partial charge >= 0.3 is 0 Å². The van der Waals surface area contributed by atoms with Gasteiger partial charge in [-0.05, 0) is 23.3 Å². The highest BCUT2D eigenvalue weighted by atomic mass is 16.6. The smallest absolute Gasteiger partial charge is 0.269 e. The summed E-state index contributed by atoms with van der Waals surface area (Å²) in [5.74, 6) is 0.0746. The normalized spacial score (nSPS) is 15.0. The molecular weight excluding hydrogens is 268 g/mol. The minimum atomic E-state index is -0.445. The zero-order valence-electron chi connectivity index (χ0n) is 11.1. The number of non-ortho nitro benzene ring substituents is 1. The first-order chi connectivity index (χ1) is 10.1. The first kappa shape index (κ1) is 13.1. The number of rotatable bonds is 3. The maximum atomic E-state index is 12.0. The van der Waals surface area contributed by atoms with Crippen LogP contribution < -0.4 is 5.32 Å². The third-order valence-corrected chi connectivity index (χ3v) is 3.42. The Morgan fingerprint density at radius 1 is 1.10 bits per heavy atom. The number of nitrogens with one attached hydrogen (secondary N) is 1. The summed E-state index contributed by atoms with van der Waals surface area (Å²) in [6, 6.07) is 13.7. The summed E-state index contributed by atoms with van der Waals surface area (Å²) in [5, 5.41) is 13.6. The molecule has 0 fully saturated rings. The van der Waals surface area contributed by atoms with Crippen LogP contribution in [0.15, 0.2) is 54.7 Å². The molecule has 1 aliphatic carbocycles. The molecule has 104 valence electrons. The van der Waals surface area contributed by atoms with E-state index in [9.17, 15) is 14.9 Å². The van der Waals surface area contributed by atoms with Gasteiger partial charge in [-0.15, -0.1) is 0 Å². The van der Waals surface area contributed by atoms with E-state index in [1.807, 2.05) is 24.3 Å². The van der Waals surface area contributed by atoms with Crippen LogP contribution in [0.3, 0.4) is 0 Å². The van der Waals surface area contributed by atoms with Crippen molar-refractivity contribution in [1.29, 1.82) is 0 Å². The molecule has 0 amide bonds. The van der Waals surface area contributed by atoms with Crippen molar-refractivity contribution in [2.24, 2.45) is 0 Å². The average Bonchev–Trinajstić information content (AvgIpc) is 2.81. The van der Waals surface area contributed by atoms with Crippen molar-refractivity contribution in [1.82, 2.24) is 0 Å². The van der Waals surface area contributed by atoms with E-state index < -0.39 is 4.92 Å². The van der Waals surface area contributed by atoms with E-state index in [1.165, 1.54) is 12.1 Å². The number of hydrogen-bond donors (Lipinski definition) is 1. The van der Waals surface area contributed by atoms with Crippen molar-refractivity contribution in [3.8, 4) is 0 Å². The first-order valence-electron chi connectivity index (χ1n) is 6.48. The second-order valence-electron chi connectivity index (χ2n) is 4.76. The third-order valence-electron chi connectivity index (χ3n) is 3.42. The molecule has 2 aromatic carbocycles. The number of allylic oxidation sites excluding steroid dienone is 1. The highest BCUT2D eigenvalue weighted by Crippen LogP contribution is 2.29. The van der Waals surface area contributed by atoms with Crippen LogP contribution in [0, 0.1) is 10.1 Å². The zero-order chi connectivity index (χ0) is 14.8. The molecule has 21 heavy (non-hydrogen) atoms. The Kier molecular flexibility index (Phi) is 3.23. The van der Waals surface area contributed by atoms with E-state index in [-0.39, 0.29) is 11.5 Å². The number of nitro groups is 1. The van der Waals surface area contributed by atoms with Gasteiger partial charge in [0.15, 0.2) is 5.78 Å². The molecule has 0 radical (unpaired) electrons. The van der Waals surface area contributed by atoms with Crippen molar-refractivity contribution < 1.29 is 9.72 Å². The lowest BCUT2D eigenvalue weighted by molar-refractivity contribution is -0.384. The molecule has 5 heteroatoms. The molecule has 0 heterocycles. The molecule has 0 unspecified atom stereocenters. The standard InChI is InChI=1S/C16H12N2O3/c19-16-9-11-3-1-2-4-14(11)15(16)10-17-12-5-7-13(8-6-12)18(20)21/h1-8,10,17H,9H2/b15-10+. The molecule has 0 aromatic heterocycles. The Morgan fingerprint density at radius 3 is 2.52 bits per heavy atom. The number of carbonyl (C=O) groups excluding carboxylic acids is 1. The first-order valence-corrected chi connectivity index (χ1v) is 6.48. The second-order valence-corrected chi connectivity index (χ2v) is 4.76. The van der Waals surface area contributed by atoms with Crippen LogP contribution in [0.5, 0.6) is 0 Å². The number of hydrogen-bond acceptors (Lipinski definition) is 4. The van der Waals surface area contributed by atoms with E-state index in [0.29, 0.717) is 17.7 Å². The van der Waals surface area contributed by atoms with Gasteiger partial charge in [-0.25, -0.2) is 0 Å². The predicted molar refractivity (Wildman–Crippen MR) is 79.8 cm³/mol. The molecule has 5 nitrogen and oxygen atoms in total. The number of fused-ring (bicyclic) bond motifs is 1. The predicted octanol–water partition coefficient (Wildman–Crippen LogP) is 3.17. The highest BCUT2D eigenvalue weighted by Gasteiger charge is 2.23. The van der Waals surface area contributed by atoms with Crippen LogP contribution in [0.1, 0.15) is 11.1 Å². The Morgan fingerprint density at radius 2 is 1.81 bits per heavy atom. The summed E-state index contributed by atoms with van der Waals surface area (Å²) in [7, 11) is 0. The Bertz CT molecular complexity index is 748. The van der Waals surface area contributed by atoms with Gasteiger partial charge in [0.2, 0.25) is 0 Å². The van der Waals surface area contributed by atoms with Crippen molar-refractivity contribution in [2.45, 2.75) is 6.42 Å². The molecule has 1 N–H and O–H groups in total. The number of anilines is 1. The summed E-state index contributed by atoms with van der Waals surface area (Å²) >= 11 is 0. The Labute approximate surface area is 121 Å². The number of benzene rings is 2. The van der Waals surface area contributed by atoms with Crippen molar-refractivity contribution in [3.63, 3.8) is 0 Å². The monoisotopic (exact) mass is 280 g/mol. The fourth-order valence-corrected chi connectivity index (χ4v) is 2.35. The summed E-state index contributed by atoms with van der Waals surface area (Å²) < 4.78 is 0. The van der Waals surface area contributed by atoms with E-state index in [1.54, 1.807) is 18.3 Å². The largest absolute Gasteiger partial charge is 0.361 e. The van der Waals surface area contributed by atoms with E-state index in [2.05, 4.69) is 5.32 Å². The molecule has 0 aliphatic heterocycles. The lowest BCUT2D eigenvalue weighted by Crippen LogP contribution is -1.98. The molecule has 3 rings (SSSR count). The lowest BCUT2D eigenvalue weighted by Gasteiger charge is -2.03. The number of Topliss-reactive ketones (excluding diaryl/α,β-unsaturated/α-hetero) is 1. The van der Waals surface area contributed by atoms with Crippen molar-refractivity contribution >= 4 is 22.7 Å². The van der Waals surface area contributed by atoms with Gasteiger partial charge in [-0.2, -0.15) is 0 Å². The zero-order valence-corrected chi connectivity index (χ0v) is 11.1. The minimum Gasteiger partial charge on any atom is -0.361 e. The fraction of sp³-hybridized carbons (Fsp3) is 0.0625. The van der Waals surface area contributed by atoms with E-state index in [4.69, 9.17) is 0 Å². The van der Waals surface area contributed by atoms with Gasteiger partial charge in [-0.1, -0.05) is 24.3 Å². The second kappa shape index (κ2) is 5.20. The molecule has 0 bridgehead atoms. The molecular formula is C16H12N2O3. The lowest BCUT2D eigenvalue weighted by atomic mass is 10.1. The summed E-state index contributed by atoms with van der Waals surface area (Å²) in [4.78, 5) is 22.1. The SMILES string of the molecule is O=C1Cc2ccccc2/C1=C\Nc1ccc([N+](=O)[O-])cc1. The quantitative estimate of drug-likeness (QED) is 0.532. The summed E-state index contributed by atoms with van der Waals surface area (Å²) in [6.45, 7) is 0. The Hall–Kier alpha value is -2.95. The van der Waals surface area contributed by atoms with E-state index >= 15 is 0 Å². The summed E-state index contributed by atoms with van der Waals surface area (Å²) in [5.41, 5.74) is 3.35. The maximum absolute atomic E-state index is 12.0. The molecule has 2 aromatic rings. The third kappa shape index (κ3) is 2.53. The maximum Gasteiger partial charge on any atom is 0.269 e. The molecule has 1 aliphatic rings. The van der Waals surface area contributed by atoms with Crippen LogP contribution in [0.2, 0.25) is 0 Å². The Balaban J connectivity index is 1.83. The van der Waals surface area contributed by atoms with Gasteiger partial charge in [0.1, 0.15) is 0 Å². The number of nitrogens with zero attached hydrogens (tertiary/aromatic N) is 1. The van der Waals surface area contributed by atoms with Gasteiger partial charge < -0.3 is 5.32 Å². The molecule has 0 saturated carbocycles. The topological polar surface area (TPSA) is 72.2 Å². The van der Waals surface area contributed by atoms with Gasteiger partial charge in [0, 0.05) is 36.0 Å². The number of carbonyl (C=O) groups is 1. The highest BCUT2D eigenvalue weighted by molar-refractivity contribution is 6.25. The molecule has 0 saturated heterocycles. The van der Waals surface area contributed by atoms with Gasteiger partial charge in [-0.3, -0.25) is 14.9 Å². The average molecular weight is 280 g/mol. The van der Waals surface area contributed by atoms with Crippen molar-refractivity contribution in [2.75, 3.05) is 5.32 Å². The number of ketones is 1. The molecule has 0 atom stereocenters. The van der Waals surface area contributed by atoms with E-state index in [0.717, 1.165) is 11.1 Å². The number of nitro benzene ring substituents is 1. The van der Waals surface area contributed by atoms with Crippen LogP contribution in [0.25, 0.3) is 5.57 Å². The van der Waals surface area contributed by atoms with Gasteiger partial charge in [0.05, 0.1) is 4.92 Å². The van der Waals surface area contributed by atoms with Crippen LogP contribution in [-0.2, 0) is 11.2 Å². The molecule has 0 spiro atoms. The summed E-state index contributed by atoms with van der Waals surface area (Å²) in [6.07, 6.45) is 2.08. The minimum absolute atomic E-state index is 0.0375. The van der Waals surface area contributed by atoms with Crippen LogP contribution in [-0.4, -0.2) is 10.7 Å². The fourth-order valence-electron chi connectivity index (χ4n) is 2.35. The van der Waals surface area contributed by atoms with Crippen molar-refractivity contribution in [3.05, 3.63) is 76.0 Å². The van der Waals surface area contributed by atoms with Crippen LogP contribution >= 0.6 is 0 Å². The van der Waals surface area contributed by atoms with Gasteiger partial charge in [0.25, 0.3) is 5.69 Å². The van der Waals surface area contributed by atoms with Crippen LogP contribution in [0.4, 0.5) is 11.4 Å².